The van der Waals surface area contributed by atoms with Crippen LogP contribution in [0.1, 0.15) is 24.8 Å². The molecule has 1 fully saturated rings. The lowest BCUT2D eigenvalue weighted by Gasteiger charge is -2.25. The number of nitrogens with zero attached hydrogens (tertiary/aromatic N) is 1. The van der Waals surface area contributed by atoms with E-state index in [2.05, 4.69) is 10.2 Å². The average Bonchev–Trinajstić information content (AvgIpc) is 2.92. The molecule has 0 bridgehead atoms. The number of likely N-dealkylation sites (tertiary alicyclic amines) is 1. The van der Waals surface area contributed by atoms with Crippen molar-refractivity contribution in [3.05, 3.63) is 42.0 Å². The maximum absolute atomic E-state index is 11.9. The maximum atomic E-state index is 11.9. The van der Waals surface area contributed by atoms with Crippen LogP contribution in [0, 0.1) is 0 Å². The number of benzene rings is 1. The highest BCUT2D eigenvalue weighted by Crippen LogP contribution is 2.24. The van der Waals surface area contributed by atoms with Crippen molar-refractivity contribution in [2.45, 2.75) is 31.3 Å². The van der Waals surface area contributed by atoms with Crippen LogP contribution in [-0.4, -0.2) is 49.6 Å². The molecule has 0 spiro atoms. The Labute approximate surface area is 137 Å². The van der Waals surface area contributed by atoms with Gasteiger partial charge in [-0.25, -0.2) is 0 Å². The zero-order valence-electron chi connectivity index (χ0n) is 13.7. The molecule has 1 aliphatic heterocycles. The molecule has 0 aliphatic carbocycles. The Morgan fingerprint density at radius 1 is 1.26 bits per heavy atom. The van der Waals surface area contributed by atoms with Crippen molar-refractivity contribution >= 4 is 18.0 Å². The molecule has 0 radical (unpaired) electrons. The van der Waals surface area contributed by atoms with Gasteiger partial charge in [0, 0.05) is 24.7 Å². The van der Waals surface area contributed by atoms with Crippen molar-refractivity contribution in [3.8, 4) is 0 Å². The highest BCUT2D eigenvalue weighted by Gasteiger charge is 2.31. The summed E-state index contributed by atoms with van der Waals surface area (Å²) in [6.45, 7) is 0.589. The van der Waals surface area contributed by atoms with Gasteiger partial charge in [-0.1, -0.05) is 30.3 Å². The summed E-state index contributed by atoms with van der Waals surface area (Å²) in [6.07, 6.45) is 5.68. The van der Waals surface area contributed by atoms with Gasteiger partial charge in [-0.3, -0.25) is 14.5 Å². The third-order valence-corrected chi connectivity index (χ3v) is 4.35. The van der Waals surface area contributed by atoms with Crippen molar-refractivity contribution in [3.63, 3.8) is 0 Å². The Morgan fingerprint density at radius 3 is 2.65 bits per heavy atom. The molecule has 2 rings (SSSR count). The summed E-state index contributed by atoms with van der Waals surface area (Å²) in [5.41, 5.74) is 0.999. The summed E-state index contributed by atoms with van der Waals surface area (Å²) in [5.74, 6) is -0.281. The lowest BCUT2D eigenvalue weighted by molar-refractivity contribution is -0.141. The number of carbonyl (C=O) groups is 2. The summed E-state index contributed by atoms with van der Waals surface area (Å²) in [5, 5.41) is 2.93. The van der Waals surface area contributed by atoms with Crippen molar-refractivity contribution in [2.24, 2.45) is 0 Å². The van der Waals surface area contributed by atoms with E-state index in [0.717, 1.165) is 18.4 Å². The number of rotatable bonds is 6. The molecule has 23 heavy (non-hydrogen) atoms. The lowest BCUT2D eigenvalue weighted by Crippen LogP contribution is -2.41. The third-order valence-electron chi connectivity index (χ3n) is 4.35. The van der Waals surface area contributed by atoms with Crippen LogP contribution in [0.5, 0.6) is 0 Å². The van der Waals surface area contributed by atoms with Crippen molar-refractivity contribution < 1.29 is 14.3 Å². The van der Waals surface area contributed by atoms with Gasteiger partial charge in [0.2, 0.25) is 5.91 Å². The molecule has 124 valence electrons. The Hall–Kier alpha value is -2.14. The first-order valence-electron chi connectivity index (χ1n) is 7.90. The molecule has 0 aromatic heterocycles. The average molecular weight is 316 g/mol. The van der Waals surface area contributed by atoms with Crippen LogP contribution in [0.25, 0.3) is 6.08 Å². The van der Waals surface area contributed by atoms with Gasteiger partial charge < -0.3 is 10.1 Å². The zero-order valence-corrected chi connectivity index (χ0v) is 13.7. The number of likely N-dealkylation sites (N-methyl/N-ethyl adjacent to an activating group) is 1. The summed E-state index contributed by atoms with van der Waals surface area (Å²) in [7, 11) is 3.41. The van der Waals surface area contributed by atoms with E-state index in [-0.39, 0.29) is 24.0 Å². The molecule has 5 heteroatoms. The minimum atomic E-state index is -0.183. The fraction of sp³-hybridized carbons (Fsp3) is 0.444. The Morgan fingerprint density at radius 2 is 1.96 bits per heavy atom. The largest absolute Gasteiger partial charge is 0.469 e. The molecule has 1 N–H and O–H groups in total. The smallest absolute Gasteiger partial charge is 0.307 e. The van der Waals surface area contributed by atoms with Gasteiger partial charge in [-0.15, -0.1) is 0 Å². The molecule has 2 atom stereocenters. The molecule has 1 saturated heterocycles. The summed E-state index contributed by atoms with van der Waals surface area (Å²) in [6, 6.07) is 10.2. The van der Waals surface area contributed by atoms with Gasteiger partial charge in [0.1, 0.15) is 0 Å². The van der Waals surface area contributed by atoms with Crippen molar-refractivity contribution in [1.82, 2.24) is 10.2 Å². The van der Waals surface area contributed by atoms with E-state index in [4.69, 9.17) is 4.74 Å². The van der Waals surface area contributed by atoms with Gasteiger partial charge in [0.25, 0.3) is 0 Å². The highest BCUT2D eigenvalue weighted by molar-refractivity contribution is 5.91. The van der Waals surface area contributed by atoms with Gasteiger partial charge in [0.15, 0.2) is 0 Å². The standard InChI is InChI=1S/C18H24N2O3/c1-20-15(12-18(22)23-2)9-10-16(20)13-19-17(21)11-8-14-6-4-3-5-7-14/h3-8,11,15-16H,9-10,12-13H2,1-2H3,(H,19,21)/b11-8+/t15-,16+/m1/s1. The van der Waals surface area contributed by atoms with E-state index in [9.17, 15) is 9.59 Å². The van der Waals surface area contributed by atoms with Crippen molar-refractivity contribution in [2.75, 3.05) is 20.7 Å². The van der Waals surface area contributed by atoms with Crippen LogP contribution in [0.2, 0.25) is 0 Å². The second kappa shape index (κ2) is 8.48. The number of hydrogen-bond donors (Lipinski definition) is 1. The van der Waals surface area contributed by atoms with Crippen LogP contribution < -0.4 is 5.32 Å². The van der Waals surface area contributed by atoms with Crippen LogP contribution in [0.15, 0.2) is 36.4 Å². The molecular formula is C18H24N2O3. The molecule has 1 heterocycles. The van der Waals surface area contributed by atoms with Crippen LogP contribution in [0.3, 0.4) is 0 Å². The van der Waals surface area contributed by atoms with E-state index < -0.39 is 0 Å². The first kappa shape index (κ1) is 17.2. The molecule has 1 amide bonds. The van der Waals surface area contributed by atoms with Gasteiger partial charge in [-0.2, -0.15) is 0 Å². The monoisotopic (exact) mass is 316 g/mol. The summed E-state index contributed by atoms with van der Waals surface area (Å²) in [4.78, 5) is 25.4. The second-order valence-electron chi connectivity index (χ2n) is 5.82. The van der Waals surface area contributed by atoms with E-state index in [1.807, 2.05) is 37.4 Å². The zero-order chi connectivity index (χ0) is 16.7. The quantitative estimate of drug-likeness (QED) is 0.643. The normalized spacial score (nSPS) is 21.5. The van der Waals surface area contributed by atoms with E-state index in [0.29, 0.717) is 13.0 Å². The predicted molar refractivity (Wildman–Crippen MR) is 89.7 cm³/mol. The number of methoxy groups -OCH3 is 1. The number of carbonyl (C=O) groups excluding carboxylic acids is 2. The number of ether oxygens (including phenoxy) is 1. The number of esters is 1. The van der Waals surface area contributed by atoms with Crippen LogP contribution >= 0.6 is 0 Å². The first-order valence-corrected chi connectivity index (χ1v) is 7.90. The Kier molecular flexibility index (Phi) is 6.35. The molecular weight excluding hydrogens is 292 g/mol. The highest BCUT2D eigenvalue weighted by atomic mass is 16.5. The molecule has 0 saturated carbocycles. The topological polar surface area (TPSA) is 58.6 Å². The SMILES string of the molecule is COC(=O)C[C@H]1CC[C@@H](CNC(=O)/C=C/c2ccccc2)N1C. The Balaban J connectivity index is 1.76. The number of nitrogens with one attached hydrogen (secondary N) is 1. The third kappa shape index (κ3) is 5.21. The second-order valence-corrected chi connectivity index (χ2v) is 5.82. The molecule has 1 aromatic carbocycles. The van der Waals surface area contributed by atoms with Crippen LogP contribution in [0.4, 0.5) is 0 Å². The molecule has 0 unspecified atom stereocenters. The minimum Gasteiger partial charge on any atom is -0.469 e. The van der Waals surface area contributed by atoms with Gasteiger partial charge in [0.05, 0.1) is 13.5 Å². The van der Waals surface area contributed by atoms with E-state index in [1.54, 1.807) is 12.2 Å². The molecule has 5 nitrogen and oxygen atoms in total. The predicted octanol–water partition coefficient (Wildman–Crippen LogP) is 1.84. The minimum absolute atomic E-state index is 0.0985. The van der Waals surface area contributed by atoms with E-state index in [1.165, 1.54) is 7.11 Å². The number of amides is 1. The van der Waals surface area contributed by atoms with Crippen LogP contribution in [-0.2, 0) is 14.3 Å². The maximum Gasteiger partial charge on any atom is 0.307 e. The summed E-state index contributed by atoms with van der Waals surface area (Å²) < 4.78 is 4.72. The molecule has 1 aromatic rings. The fourth-order valence-electron chi connectivity index (χ4n) is 2.87. The summed E-state index contributed by atoms with van der Waals surface area (Å²) >= 11 is 0. The number of hydrogen-bond acceptors (Lipinski definition) is 4. The Bertz CT molecular complexity index is 557. The van der Waals surface area contributed by atoms with Crippen molar-refractivity contribution in [1.29, 1.82) is 0 Å². The van der Waals surface area contributed by atoms with Gasteiger partial charge in [-0.05, 0) is 31.5 Å². The fourth-order valence-corrected chi connectivity index (χ4v) is 2.87. The lowest BCUT2D eigenvalue weighted by atomic mass is 10.1. The van der Waals surface area contributed by atoms with E-state index >= 15 is 0 Å². The van der Waals surface area contributed by atoms with Gasteiger partial charge >= 0.3 is 5.97 Å². The molecule has 1 aliphatic rings. The first-order chi connectivity index (χ1) is 11.1.